The molecule has 19 heavy (non-hydrogen) atoms. The fraction of sp³-hybridized carbons (Fsp3) is 0.500. The van der Waals surface area contributed by atoms with Crippen LogP contribution >= 0.6 is 0 Å². The van der Waals surface area contributed by atoms with Crippen molar-refractivity contribution in [2.24, 2.45) is 5.92 Å². The van der Waals surface area contributed by atoms with E-state index in [0.717, 1.165) is 26.1 Å². The summed E-state index contributed by atoms with van der Waals surface area (Å²) in [4.78, 5) is 14.0. The van der Waals surface area contributed by atoms with Gasteiger partial charge in [-0.2, -0.15) is 5.26 Å². The second-order valence-corrected chi connectivity index (χ2v) is 4.51. The van der Waals surface area contributed by atoms with E-state index in [0.29, 0.717) is 11.7 Å². The molecule has 2 N–H and O–H groups in total. The normalized spacial score (nSPS) is 17.9. The third-order valence-corrected chi connectivity index (χ3v) is 3.20. The van der Waals surface area contributed by atoms with Gasteiger partial charge >= 0.3 is 5.69 Å². The zero-order valence-corrected chi connectivity index (χ0v) is 10.4. The number of nitro groups is 1. The first-order chi connectivity index (χ1) is 9.20. The Morgan fingerprint density at radius 3 is 3.11 bits per heavy atom. The summed E-state index contributed by atoms with van der Waals surface area (Å²) in [5.74, 6) is 1.18. The van der Waals surface area contributed by atoms with E-state index >= 15 is 0 Å². The molecule has 1 aromatic heterocycles. The van der Waals surface area contributed by atoms with Gasteiger partial charge in [0.25, 0.3) is 0 Å². The van der Waals surface area contributed by atoms with Crippen molar-refractivity contribution in [2.75, 3.05) is 25.0 Å². The summed E-state index contributed by atoms with van der Waals surface area (Å²) in [6.45, 7) is 2.86. The number of pyridine rings is 1. The minimum atomic E-state index is -0.598. The van der Waals surface area contributed by atoms with Gasteiger partial charge in [-0.3, -0.25) is 10.1 Å². The van der Waals surface area contributed by atoms with Crippen LogP contribution in [0.3, 0.4) is 0 Å². The van der Waals surface area contributed by atoms with Crippen molar-refractivity contribution in [2.45, 2.75) is 12.8 Å². The minimum Gasteiger partial charge on any atom is -0.370 e. The first-order valence-corrected chi connectivity index (χ1v) is 6.21. The molecular weight excluding hydrogens is 246 g/mol. The number of anilines is 1. The monoisotopic (exact) mass is 261 g/mol. The van der Waals surface area contributed by atoms with Crippen molar-refractivity contribution in [1.29, 1.82) is 5.26 Å². The standard InChI is InChI=1S/C12H15N5O2/c13-7-10-11(17(18)19)1-2-12(16-10)15-6-4-9-3-5-14-8-9/h1-2,9,14H,3-6,8H2,(H,15,16). The summed E-state index contributed by atoms with van der Waals surface area (Å²) < 4.78 is 0. The molecule has 0 aromatic carbocycles. The molecule has 2 rings (SSSR count). The molecule has 7 heteroatoms. The molecule has 0 bridgehead atoms. The number of nitriles is 1. The molecule has 0 saturated carbocycles. The molecule has 1 atom stereocenters. The van der Waals surface area contributed by atoms with Crippen LogP contribution in [0.2, 0.25) is 0 Å². The topological polar surface area (TPSA) is 104 Å². The number of hydrogen-bond donors (Lipinski definition) is 2. The SMILES string of the molecule is N#Cc1nc(NCCC2CCNC2)ccc1[N+](=O)[O-]. The first-order valence-electron chi connectivity index (χ1n) is 6.21. The summed E-state index contributed by atoms with van der Waals surface area (Å²) in [7, 11) is 0. The fourth-order valence-corrected chi connectivity index (χ4v) is 2.15. The van der Waals surface area contributed by atoms with Gasteiger partial charge in [0.05, 0.1) is 4.92 Å². The third-order valence-electron chi connectivity index (χ3n) is 3.20. The van der Waals surface area contributed by atoms with E-state index in [1.165, 1.54) is 18.6 Å². The van der Waals surface area contributed by atoms with Crippen LogP contribution in [0, 0.1) is 27.4 Å². The van der Waals surface area contributed by atoms with E-state index < -0.39 is 4.92 Å². The molecule has 1 unspecified atom stereocenters. The lowest BCUT2D eigenvalue weighted by Gasteiger charge is -2.09. The van der Waals surface area contributed by atoms with E-state index in [1.54, 1.807) is 6.07 Å². The Morgan fingerprint density at radius 2 is 2.47 bits per heavy atom. The highest BCUT2D eigenvalue weighted by molar-refractivity contribution is 5.50. The molecule has 7 nitrogen and oxygen atoms in total. The summed E-state index contributed by atoms with van der Waals surface area (Å²) in [6, 6.07) is 4.59. The van der Waals surface area contributed by atoms with E-state index in [2.05, 4.69) is 15.6 Å². The van der Waals surface area contributed by atoms with E-state index in [4.69, 9.17) is 5.26 Å². The van der Waals surface area contributed by atoms with E-state index in [9.17, 15) is 10.1 Å². The lowest BCUT2D eigenvalue weighted by atomic mass is 10.1. The molecule has 1 aromatic rings. The average molecular weight is 261 g/mol. The molecule has 0 amide bonds. The Morgan fingerprint density at radius 1 is 1.63 bits per heavy atom. The zero-order chi connectivity index (χ0) is 13.7. The van der Waals surface area contributed by atoms with Crippen molar-refractivity contribution < 1.29 is 4.92 Å². The van der Waals surface area contributed by atoms with E-state index in [1.807, 2.05) is 0 Å². The van der Waals surface area contributed by atoms with Crippen molar-refractivity contribution in [3.63, 3.8) is 0 Å². The van der Waals surface area contributed by atoms with Crippen LogP contribution in [-0.4, -0.2) is 29.5 Å². The number of aromatic nitrogens is 1. The third kappa shape index (κ3) is 3.39. The van der Waals surface area contributed by atoms with Crippen LogP contribution < -0.4 is 10.6 Å². The summed E-state index contributed by atoms with van der Waals surface area (Å²) in [5, 5.41) is 25.9. The fourth-order valence-electron chi connectivity index (χ4n) is 2.15. The Hall–Kier alpha value is -2.20. The molecule has 2 heterocycles. The summed E-state index contributed by atoms with van der Waals surface area (Å²) in [6.07, 6.45) is 2.20. The molecular formula is C12H15N5O2. The maximum absolute atomic E-state index is 10.7. The lowest BCUT2D eigenvalue weighted by molar-refractivity contribution is -0.385. The Kier molecular flexibility index (Phi) is 4.26. The molecule has 1 fully saturated rings. The highest BCUT2D eigenvalue weighted by Gasteiger charge is 2.16. The Labute approximate surface area is 110 Å². The van der Waals surface area contributed by atoms with Gasteiger partial charge in [-0.25, -0.2) is 4.98 Å². The number of hydrogen-bond acceptors (Lipinski definition) is 6. The maximum Gasteiger partial charge on any atom is 0.305 e. The summed E-state index contributed by atoms with van der Waals surface area (Å²) in [5.41, 5.74) is -0.412. The molecule has 1 aliphatic heterocycles. The van der Waals surface area contributed by atoms with Crippen LogP contribution in [0.4, 0.5) is 11.5 Å². The predicted molar refractivity (Wildman–Crippen MR) is 69.7 cm³/mol. The molecule has 1 saturated heterocycles. The maximum atomic E-state index is 10.7. The number of nitrogens with one attached hydrogen (secondary N) is 2. The van der Waals surface area contributed by atoms with Crippen LogP contribution in [0.15, 0.2) is 12.1 Å². The second kappa shape index (κ2) is 6.11. The van der Waals surface area contributed by atoms with Crippen LogP contribution in [0.5, 0.6) is 0 Å². The van der Waals surface area contributed by atoms with Gasteiger partial charge in [0.2, 0.25) is 5.69 Å². The minimum absolute atomic E-state index is 0.155. The molecule has 0 spiro atoms. The molecule has 1 aliphatic rings. The van der Waals surface area contributed by atoms with Gasteiger partial charge in [-0.15, -0.1) is 0 Å². The second-order valence-electron chi connectivity index (χ2n) is 4.51. The van der Waals surface area contributed by atoms with Gasteiger partial charge in [0, 0.05) is 12.6 Å². The van der Waals surface area contributed by atoms with Gasteiger partial charge in [-0.05, 0) is 37.9 Å². The van der Waals surface area contributed by atoms with Crippen molar-refractivity contribution in [3.05, 3.63) is 27.9 Å². The molecule has 100 valence electrons. The average Bonchev–Trinajstić information content (AvgIpc) is 2.91. The van der Waals surface area contributed by atoms with Crippen molar-refractivity contribution in [3.8, 4) is 6.07 Å². The Balaban J connectivity index is 1.93. The zero-order valence-electron chi connectivity index (χ0n) is 10.4. The predicted octanol–water partition coefficient (Wildman–Crippen LogP) is 1.27. The van der Waals surface area contributed by atoms with Crippen molar-refractivity contribution >= 4 is 11.5 Å². The van der Waals surface area contributed by atoms with E-state index in [-0.39, 0.29) is 11.4 Å². The van der Waals surface area contributed by atoms with Crippen LogP contribution in [0.25, 0.3) is 0 Å². The van der Waals surface area contributed by atoms with Crippen LogP contribution in [-0.2, 0) is 0 Å². The quantitative estimate of drug-likeness (QED) is 0.611. The number of rotatable bonds is 5. The van der Waals surface area contributed by atoms with Gasteiger partial charge < -0.3 is 10.6 Å². The largest absolute Gasteiger partial charge is 0.370 e. The Bertz CT molecular complexity index is 505. The molecule has 0 radical (unpaired) electrons. The smallest absolute Gasteiger partial charge is 0.305 e. The van der Waals surface area contributed by atoms with Crippen molar-refractivity contribution in [1.82, 2.24) is 10.3 Å². The highest BCUT2D eigenvalue weighted by atomic mass is 16.6. The lowest BCUT2D eigenvalue weighted by Crippen LogP contribution is -2.13. The molecule has 0 aliphatic carbocycles. The van der Waals surface area contributed by atoms with Gasteiger partial charge in [0.1, 0.15) is 11.9 Å². The number of nitrogens with zero attached hydrogens (tertiary/aromatic N) is 3. The van der Waals surface area contributed by atoms with Gasteiger partial charge in [0.15, 0.2) is 0 Å². The van der Waals surface area contributed by atoms with Gasteiger partial charge in [-0.1, -0.05) is 0 Å². The highest BCUT2D eigenvalue weighted by Crippen LogP contribution is 2.18. The summed E-state index contributed by atoms with van der Waals surface area (Å²) >= 11 is 0. The first kappa shape index (κ1) is 13.2. The van der Waals surface area contributed by atoms with Crippen LogP contribution in [0.1, 0.15) is 18.5 Å².